The molecule has 174 valence electrons. The summed E-state index contributed by atoms with van der Waals surface area (Å²) in [6.07, 6.45) is 15.4. The van der Waals surface area contributed by atoms with E-state index in [1.807, 2.05) is 6.92 Å². The molecule has 0 radical (unpaired) electrons. The van der Waals surface area contributed by atoms with Crippen molar-refractivity contribution in [3.8, 4) is 0 Å². The van der Waals surface area contributed by atoms with Crippen LogP contribution in [-0.2, 0) is 14.5 Å². The van der Waals surface area contributed by atoms with Crippen LogP contribution in [0.3, 0.4) is 0 Å². The molecule has 1 aliphatic heterocycles. The van der Waals surface area contributed by atoms with Crippen LogP contribution < -0.4 is 0 Å². The third-order valence-corrected chi connectivity index (χ3v) is 7.48. The minimum atomic E-state index is -0.676. The summed E-state index contributed by atoms with van der Waals surface area (Å²) < 4.78 is 6.19. The molecular formula is C28H44O3. The molecule has 0 amide bonds. The summed E-state index contributed by atoms with van der Waals surface area (Å²) in [5.41, 5.74) is 3.51. The van der Waals surface area contributed by atoms with Gasteiger partial charge in [-0.3, -0.25) is 0 Å². The summed E-state index contributed by atoms with van der Waals surface area (Å²) in [4.78, 5) is 11.6. The Morgan fingerprint density at radius 3 is 2.35 bits per heavy atom. The highest BCUT2D eigenvalue weighted by atomic mass is 17.2. The van der Waals surface area contributed by atoms with E-state index in [9.17, 15) is 0 Å². The number of hydrogen-bond donors (Lipinski definition) is 0. The third-order valence-electron chi connectivity index (χ3n) is 7.48. The van der Waals surface area contributed by atoms with Crippen LogP contribution >= 0.6 is 0 Å². The van der Waals surface area contributed by atoms with Gasteiger partial charge in [0.15, 0.2) is 0 Å². The fourth-order valence-corrected chi connectivity index (χ4v) is 4.91. The molecule has 1 saturated heterocycles. The zero-order valence-corrected chi connectivity index (χ0v) is 20.2. The fraction of sp³-hybridized carbons (Fsp3) is 0.714. The predicted molar refractivity (Wildman–Crippen MR) is 129 cm³/mol. The standard InChI is InChI=1S/C28H44O3/c1-5-6-7-8-9-11-14-22(2)28(4)29-21-27(30-31-28)23(3)24-17-19-26(20-18-24)25-15-12-10-13-16-25/h17-20,22,25,27H,3,5-16,21H2,1-2,4H3. The smallest absolute Gasteiger partial charge is 0.201 e. The van der Waals surface area contributed by atoms with Gasteiger partial charge in [-0.25, -0.2) is 9.78 Å². The van der Waals surface area contributed by atoms with Gasteiger partial charge < -0.3 is 4.74 Å². The Kier molecular flexibility index (Phi) is 9.62. The Labute approximate surface area is 190 Å². The molecule has 0 spiro atoms. The van der Waals surface area contributed by atoms with E-state index in [0.29, 0.717) is 12.5 Å². The SMILES string of the molecule is C=C(c1ccc(C2CCCCC2)cc1)C1COC(C)(C(C)CCCCCCCC)OO1. The molecule has 1 aromatic rings. The lowest BCUT2D eigenvalue weighted by Crippen LogP contribution is -2.47. The van der Waals surface area contributed by atoms with Gasteiger partial charge in [-0.15, -0.1) is 0 Å². The van der Waals surface area contributed by atoms with E-state index in [1.54, 1.807) is 0 Å². The van der Waals surface area contributed by atoms with Crippen molar-refractivity contribution >= 4 is 5.57 Å². The van der Waals surface area contributed by atoms with Gasteiger partial charge in [-0.05, 0) is 48.8 Å². The third kappa shape index (κ3) is 6.91. The molecule has 0 N–H and O–H groups in total. The molecule has 2 fully saturated rings. The van der Waals surface area contributed by atoms with Crippen LogP contribution in [0.15, 0.2) is 30.8 Å². The first-order chi connectivity index (χ1) is 15.0. The van der Waals surface area contributed by atoms with Crippen molar-refractivity contribution in [3.63, 3.8) is 0 Å². The molecule has 3 unspecified atom stereocenters. The van der Waals surface area contributed by atoms with Crippen LogP contribution in [0.5, 0.6) is 0 Å². The van der Waals surface area contributed by atoms with Gasteiger partial charge >= 0.3 is 0 Å². The van der Waals surface area contributed by atoms with Crippen molar-refractivity contribution < 1.29 is 14.5 Å². The lowest BCUT2D eigenvalue weighted by molar-refractivity contribution is -0.484. The first kappa shape index (κ1) is 24.5. The number of benzene rings is 1. The van der Waals surface area contributed by atoms with Crippen LogP contribution in [0, 0.1) is 5.92 Å². The largest absolute Gasteiger partial charge is 0.344 e. The van der Waals surface area contributed by atoms with E-state index in [0.717, 1.165) is 23.5 Å². The van der Waals surface area contributed by atoms with Gasteiger partial charge in [0, 0.05) is 5.92 Å². The predicted octanol–water partition coefficient (Wildman–Crippen LogP) is 8.20. The molecule has 1 aromatic carbocycles. The summed E-state index contributed by atoms with van der Waals surface area (Å²) in [5.74, 6) is 0.343. The maximum atomic E-state index is 6.19. The average molecular weight is 429 g/mol. The maximum absolute atomic E-state index is 6.19. The van der Waals surface area contributed by atoms with Gasteiger partial charge in [0.2, 0.25) is 5.79 Å². The van der Waals surface area contributed by atoms with Crippen LogP contribution in [-0.4, -0.2) is 18.5 Å². The van der Waals surface area contributed by atoms with Crippen molar-refractivity contribution in [1.29, 1.82) is 0 Å². The van der Waals surface area contributed by atoms with Crippen LogP contribution in [0.1, 0.15) is 115 Å². The Morgan fingerprint density at radius 1 is 1.03 bits per heavy atom. The molecule has 0 aromatic heterocycles. The molecule has 3 nitrogen and oxygen atoms in total. The van der Waals surface area contributed by atoms with Crippen LogP contribution in [0.2, 0.25) is 0 Å². The second kappa shape index (κ2) is 12.2. The Morgan fingerprint density at radius 2 is 1.71 bits per heavy atom. The molecule has 1 saturated carbocycles. The molecule has 31 heavy (non-hydrogen) atoms. The number of unbranched alkanes of at least 4 members (excludes halogenated alkanes) is 5. The van der Waals surface area contributed by atoms with Crippen molar-refractivity contribution in [2.45, 2.75) is 116 Å². The Bertz CT molecular complexity index is 651. The molecule has 3 heteroatoms. The summed E-state index contributed by atoms with van der Waals surface area (Å²) in [7, 11) is 0. The lowest BCUT2D eigenvalue weighted by Gasteiger charge is -2.40. The van der Waals surface area contributed by atoms with E-state index in [-0.39, 0.29) is 6.10 Å². The number of hydrogen-bond acceptors (Lipinski definition) is 3. The summed E-state index contributed by atoms with van der Waals surface area (Å²) in [5, 5.41) is 0. The van der Waals surface area contributed by atoms with Gasteiger partial charge in [0.25, 0.3) is 0 Å². The van der Waals surface area contributed by atoms with Crippen molar-refractivity contribution in [3.05, 3.63) is 42.0 Å². The summed E-state index contributed by atoms with van der Waals surface area (Å²) in [6.45, 7) is 11.2. The average Bonchev–Trinajstić information content (AvgIpc) is 2.82. The minimum absolute atomic E-state index is 0.255. The Balaban J connectivity index is 1.44. The monoisotopic (exact) mass is 428 g/mol. The first-order valence-electron chi connectivity index (χ1n) is 12.8. The second-order valence-electron chi connectivity index (χ2n) is 9.93. The fourth-order valence-electron chi connectivity index (χ4n) is 4.91. The minimum Gasteiger partial charge on any atom is -0.344 e. The highest BCUT2D eigenvalue weighted by molar-refractivity contribution is 5.67. The molecule has 3 rings (SSSR count). The summed E-state index contributed by atoms with van der Waals surface area (Å²) in [6, 6.07) is 8.91. The highest BCUT2D eigenvalue weighted by Crippen LogP contribution is 2.36. The van der Waals surface area contributed by atoms with Crippen LogP contribution in [0.4, 0.5) is 0 Å². The number of ether oxygens (including phenoxy) is 1. The van der Waals surface area contributed by atoms with E-state index in [2.05, 4.69) is 44.7 Å². The van der Waals surface area contributed by atoms with Gasteiger partial charge in [0.05, 0.1) is 6.61 Å². The zero-order valence-electron chi connectivity index (χ0n) is 20.2. The lowest BCUT2D eigenvalue weighted by atomic mass is 9.83. The highest BCUT2D eigenvalue weighted by Gasteiger charge is 2.40. The first-order valence-corrected chi connectivity index (χ1v) is 12.8. The second-order valence-corrected chi connectivity index (χ2v) is 9.93. The van der Waals surface area contributed by atoms with Gasteiger partial charge in [-0.1, -0.05) is 102 Å². The van der Waals surface area contributed by atoms with E-state index >= 15 is 0 Å². The summed E-state index contributed by atoms with van der Waals surface area (Å²) >= 11 is 0. The van der Waals surface area contributed by atoms with Gasteiger partial charge in [0.1, 0.15) is 6.10 Å². The zero-order chi connectivity index (χ0) is 22.1. The molecule has 3 atom stereocenters. The molecule has 2 aliphatic rings. The number of rotatable bonds is 11. The Hall–Kier alpha value is -1.16. The molecular weight excluding hydrogens is 384 g/mol. The van der Waals surface area contributed by atoms with Gasteiger partial charge in [-0.2, -0.15) is 0 Å². The molecule has 1 heterocycles. The van der Waals surface area contributed by atoms with Crippen molar-refractivity contribution in [2.24, 2.45) is 5.92 Å². The van der Waals surface area contributed by atoms with Crippen LogP contribution in [0.25, 0.3) is 5.57 Å². The quantitative estimate of drug-likeness (QED) is 0.262. The molecule has 1 aliphatic carbocycles. The van der Waals surface area contributed by atoms with E-state index in [4.69, 9.17) is 14.5 Å². The van der Waals surface area contributed by atoms with Crippen molar-refractivity contribution in [1.82, 2.24) is 0 Å². The molecule has 0 bridgehead atoms. The van der Waals surface area contributed by atoms with Crippen molar-refractivity contribution in [2.75, 3.05) is 6.61 Å². The topological polar surface area (TPSA) is 27.7 Å². The van der Waals surface area contributed by atoms with E-state index < -0.39 is 5.79 Å². The normalized spacial score (nSPS) is 26.0. The van der Waals surface area contributed by atoms with E-state index in [1.165, 1.54) is 76.2 Å². The maximum Gasteiger partial charge on any atom is 0.201 e.